The van der Waals surface area contributed by atoms with Crippen LogP contribution >= 0.6 is 0 Å². The van der Waals surface area contributed by atoms with Gasteiger partial charge in [0.25, 0.3) is 0 Å². The van der Waals surface area contributed by atoms with Crippen LogP contribution in [-0.4, -0.2) is 72.4 Å². The van der Waals surface area contributed by atoms with E-state index in [1.54, 1.807) is 4.90 Å². The number of carbonyl (C=O) groups excluding carboxylic acids is 1. The Bertz CT molecular complexity index is 254. The molecule has 2 fully saturated rings. The van der Waals surface area contributed by atoms with Crippen molar-refractivity contribution < 1.29 is 14.6 Å². The molecule has 2 atom stereocenters. The highest BCUT2D eigenvalue weighted by atomic mass is 16.5. The molecule has 2 saturated heterocycles. The molecule has 0 radical (unpaired) electrons. The molecule has 0 spiro atoms. The third-order valence-corrected chi connectivity index (χ3v) is 3.43. The third-order valence-electron chi connectivity index (χ3n) is 3.43. The van der Waals surface area contributed by atoms with Crippen molar-refractivity contribution in [1.82, 2.24) is 9.80 Å². The van der Waals surface area contributed by atoms with Gasteiger partial charge in [0.05, 0.1) is 25.4 Å². The number of aliphatic hydroxyl groups is 1. The summed E-state index contributed by atoms with van der Waals surface area (Å²) < 4.78 is 5.27. The van der Waals surface area contributed by atoms with Crippen molar-refractivity contribution in [2.75, 3.05) is 39.4 Å². The molecule has 0 saturated carbocycles. The van der Waals surface area contributed by atoms with Crippen molar-refractivity contribution >= 4 is 5.91 Å². The Balaban J connectivity index is 1.88. The molecule has 2 rings (SSSR count). The van der Waals surface area contributed by atoms with Crippen molar-refractivity contribution in [1.29, 1.82) is 0 Å². The van der Waals surface area contributed by atoms with Gasteiger partial charge in [0.15, 0.2) is 0 Å². The third kappa shape index (κ3) is 2.53. The van der Waals surface area contributed by atoms with Gasteiger partial charge >= 0.3 is 0 Å². The van der Waals surface area contributed by atoms with Gasteiger partial charge in [-0.2, -0.15) is 0 Å². The first-order valence-electron chi connectivity index (χ1n) is 5.97. The van der Waals surface area contributed by atoms with Crippen LogP contribution in [-0.2, 0) is 9.53 Å². The number of carbonyl (C=O) groups is 1. The van der Waals surface area contributed by atoms with E-state index in [2.05, 4.69) is 4.90 Å². The molecule has 92 valence electrons. The SMILES string of the molecule is CC(C(=O)N1CC[C@@H](O)C1)N1CCOCC1. The monoisotopic (exact) mass is 228 g/mol. The standard InChI is InChI=1S/C11H20N2O3/c1-9(12-4-6-16-7-5-12)11(15)13-3-2-10(14)8-13/h9-10,14H,2-8H2,1H3/t9?,10-/m1/s1. The van der Waals surface area contributed by atoms with Crippen LogP contribution in [0, 0.1) is 0 Å². The fourth-order valence-corrected chi connectivity index (χ4v) is 2.33. The summed E-state index contributed by atoms with van der Waals surface area (Å²) in [6.07, 6.45) is 0.377. The first-order valence-corrected chi connectivity index (χ1v) is 5.97. The topological polar surface area (TPSA) is 53.0 Å². The maximum absolute atomic E-state index is 12.1. The van der Waals surface area contributed by atoms with Gasteiger partial charge in [0.2, 0.25) is 5.91 Å². The number of β-amino-alcohol motifs (C(OH)–C–C–N with tert-alkyl or cyclic N) is 1. The summed E-state index contributed by atoms with van der Waals surface area (Å²) in [7, 11) is 0. The van der Waals surface area contributed by atoms with Gasteiger partial charge in [0.1, 0.15) is 0 Å². The molecule has 1 N–H and O–H groups in total. The Labute approximate surface area is 96.0 Å². The summed E-state index contributed by atoms with van der Waals surface area (Å²) in [4.78, 5) is 16.0. The zero-order chi connectivity index (χ0) is 11.5. The van der Waals surface area contributed by atoms with E-state index >= 15 is 0 Å². The number of aliphatic hydroxyl groups excluding tert-OH is 1. The minimum Gasteiger partial charge on any atom is -0.391 e. The maximum atomic E-state index is 12.1. The summed E-state index contributed by atoms with van der Waals surface area (Å²) in [6, 6.07) is -0.0887. The summed E-state index contributed by atoms with van der Waals surface area (Å²) in [5.41, 5.74) is 0. The van der Waals surface area contributed by atoms with Gasteiger partial charge in [-0.3, -0.25) is 9.69 Å². The predicted molar refractivity (Wildman–Crippen MR) is 59.1 cm³/mol. The van der Waals surface area contributed by atoms with Gasteiger partial charge in [-0.1, -0.05) is 0 Å². The predicted octanol–water partition coefficient (Wildman–Crippen LogP) is -0.700. The van der Waals surface area contributed by atoms with E-state index in [4.69, 9.17) is 4.74 Å². The number of likely N-dealkylation sites (tertiary alicyclic amines) is 1. The number of rotatable bonds is 2. The van der Waals surface area contributed by atoms with Crippen LogP contribution in [0.25, 0.3) is 0 Å². The Hall–Kier alpha value is -0.650. The number of hydrogen-bond donors (Lipinski definition) is 1. The van der Waals surface area contributed by atoms with E-state index in [-0.39, 0.29) is 18.1 Å². The van der Waals surface area contributed by atoms with E-state index in [1.807, 2.05) is 6.92 Å². The second-order valence-electron chi connectivity index (χ2n) is 4.55. The molecule has 2 heterocycles. The van der Waals surface area contributed by atoms with Crippen molar-refractivity contribution in [3.05, 3.63) is 0 Å². The average Bonchev–Trinajstić information content (AvgIpc) is 2.75. The van der Waals surface area contributed by atoms with Gasteiger partial charge in [-0.25, -0.2) is 0 Å². The Morgan fingerprint density at radius 3 is 2.62 bits per heavy atom. The second kappa shape index (κ2) is 5.12. The second-order valence-corrected chi connectivity index (χ2v) is 4.55. The van der Waals surface area contributed by atoms with Crippen LogP contribution in [0.4, 0.5) is 0 Å². The number of nitrogens with zero attached hydrogens (tertiary/aromatic N) is 2. The minimum absolute atomic E-state index is 0.0887. The summed E-state index contributed by atoms with van der Waals surface area (Å²) >= 11 is 0. The van der Waals surface area contributed by atoms with Gasteiger partial charge < -0.3 is 14.7 Å². The molecule has 2 aliphatic rings. The molecular weight excluding hydrogens is 208 g/mol. The van der Waals surface area contributed by atoms with Crippen LogP contribution in [0.15, 0.2) is 0 Å². The summed E-state index contributed by atoms with van der Waals surface area (Å²) in [5, 5.41) is 9.41. The molecule has 2 aliphatic heterocycles. The van der Waals surface area contributed by atoms with E-state index in [0.717, 1.165) is 13.1 Å². The van der Waals surface area contributed by atoms with E-state index < -0.39 is 0 Å². The zero-order valence-electron chi connectivity index (χ0n) is 9.76. The van der Waals surface area contributed by atoms with E-state index in [9.17, 15) is 9.90 Å². The number of ether oxygens (including phenoxy) is 1. The van der Waals surface area contributed by atoms with Gasteiger partial charge in [-0.15, -0.1) is 0 Å². The van der Waals surface area contributed by atoms with Crippen molar-refractivity contribution in [3.8, 4) is 0 Å². The highest BCUT2D eigenvalue weighted by Crippen LogP contribution is 2.13. The lowest BCUT2D eigenvalue weighted by Crippen LogP contribution is -2.50. The largest absolute Gasteiger partial charge is 0.391 e. The highest BCUT2D eigenvalue weighted by Gasteiger charge is 2.31. The molecule has 0 bridgehead atoms. The van der Waals surface area contributed by atoms with Crippen LogP contribution in [0.5, 0.6) is 0 Å². The number of amides is 1. The van der Waals surface area contributed by atoms with Crippen molar-refractivity contribution in [3.63, 3.8) is 0 Å². The molecular formula is C11H20N2O3. The molecule has 0 aromatic carbocycles. The molecule has 0 aromatic rings. The van der Waals surface area contributed by atoms with Crippen LogP contribution < -0.4 is 0 Å². The molecule has 5 heteroatoms. The van der Waals surface area contributed by atoms with Crippen molar-refractivity contribution in [2.45, 2.75) is 25.5 Å². The molecule has 16 heavy (non-hydrogen) atoms. The number of hydrogen-bond acceptors (Lipinski definition) is 4. The summed E-state index contributed by atoms with van der Waals surface area (Å²) in [5.74, 6) is 0.137. The fraction of sp³-hybridized carbons (Fsp3) is 0.909. The number of morpholine rings is 1. The zero-order valence-corrected chi connectivity index (χ0v) is 9.76. The molecule has 0 aromatic heterocycles. The summed E-state index contributed by atoms with van der Waals surface area (Å²) in [6.45, 7) is 6.19. The van der Waals surface area contributed by atoms with Crippen molar-refractivity contribution in [2.24, 2.45) is 0 Å². The van der Waals surface area contributed by atoms with Crippen LogP contribution in [0.3, 0.4) is 0 Å². The van der Waals surface area contributed by atoms with Crippen LogP contribution in [0.1, 0.15) is 13.3 Å². The Morgan fingerprint density at radius 1 is 1.38 bits per heavy atom. The normalized spacial score (nSPS) is 29.4. The van der Waals surface area contributed by atoms with E-state index in [1.165, 1.54) is 0 Å². The average molecular weight is 228 g/mol. The Kier molecular flexibility index (Phi) is 3.78. The highest BCUT2D eigenvalue weighted by molar-refractivity contribution is 5.81. The first-order chi connectivity index (χ1) is 7.68. The quantitative estimate of drug-likeness (QED) is 0.679. The van der Waals surface area contributed by atoms with E-state index in [0.29, 0.717) is 32.7 Å². The maximum Gasteiger partial charge on any atom is 0.239 e. The molecule has 1 unspecified atom stereocenters. The first kappa shape index (κ1) is 11.8. The molecule has 1 amide bonds. The lowest BCUT2D eigenvalue weighted by Gasteiger charge is -2.33. The minimum atomic E-state index is -0.333. The smallest absolute Gasteiger partial charge is 0.239 e. The van der Waals surface area contributed by atoms with Gasteiger partial charge in [-0.05, 0) is 13.3 Å². The lowest BCUT2D eigenvalue weighted by atomic mass is 10.2. The fourth-order valence-electron chi connectivity index (χ4n) is 2.33. The molecule has 0 aliphatic carbocycles. The van der Waals surface area contributed by atoms with Crippen LogP contribution in [0.2, 0.25) is 0 Å². The van der Waals surface area contributed by atoms with Gasteiger partial charge in [0, 0.05) is 26.2 Å². The Morgan fingerprint density at radius 2 is 2.06 bits per heavy atom. The lowest BCUT2D eigenvalue weighted by molar-refractivity contribution is -0.137. The molecule has 5 nitrogen and oxygen atoms in total.